The van der Waals surface area contributed by atoms with E-state index in [4.69, 9.17) is 19.5 Å². The fourth-order valence-electron chi connectivity index (χ4n) is 3.34. The molecule has 18 nitrogen and oxygen atoms in total. The van der Waals surface area contributed by atoms with Crippen LogP contribution in [0, 0.1) is 0 Å². The lowest BCUT2D eigenvalue weighted by molar-refractivity contribution is -0.0513. The first-order chi connectivity index (χ1) is 18.3. The first-order valence-electron chi connectivity index (χ1n) is 11.9. The van der Waals surface area contributed by atoms with E-state index in [-0.39, 0.29) is 30.2 Å². The minimum Gasteiger partial charge on any atom is -0.387 e. The van der Waals surface area contributed by atoms with Crippen LogP contribution in [-0.2, 0) is 40.6 Å². The maximum atomic E-state index is 13.2. The Balaban J connectivity index is 1.71. The van der Waals surface area contributed by atoms with Crippen molar-refractivity contribution in [3.05, 3.63) is 12.7 Å². The normalized spacial score (nSPS) is 26.3. The van der Waals surface area contributed by atoms with Gasteiger partial charge in [-0.3, -0.25) is 18.1 Å². The lowest BCUT2D eigenvalue weighted by Gasteiger charge is -2.23. The lowest BCUT2D eigenvalue weighted by atomic mass is 10.1. The van der Waals surface area contributed by atoms with Gasteiger partial charge in [0.1, 0.15) is 30.2 Å². The molecule has 0 bridgehead atoms. The molecule has 1 aliphatic heterocycles. The largest absolute Gasteiger partial charge is 0.490 e. The Kier molecular flexibility index (Phi) is 11.2. The molecule has 1 fully saturated rings. The van der Waals surface area contributed by atoms with Gasteiger partial charge in [-0.15, -0.1) is 0 Å². The van der Waals surface area contributed by atoms with E-state index < -0.39 is 54.6 Å². The topological polar surface area (TPSA) is 257 Å². The van der Waals surface area contributed by atoms with Gasteiger partial charge in [0, 0.05) is 0 Å². The van der Waals surface area contributed by atoms with Gasteiger partial charge >= 0.3 is 23.5 Å². The number of phosphoric ester groups is 2. The summed E-state index contributed by atoms with van der Waals surface area (Å²) in [5.41, 5.74) is 6.19. The molecule has 1 aliphatic rings. The highest BCUT2D eigenvalue weighted by molar-refractivity contribution is 7.67. The molecule has 3 heterocycles. The summed E-state index contributed by atoms with van der Waals surface area (Å²) in [6.45, 7) is 2.29. The average molecular weight is 619 g/mol. The third-order valence-electron chi connectivity index (χ3n) is 5.30. The van der Waals surface area contributed by atoms with Crippen LogP contribution in [0.4, 0.5) is 5.82 Å². The van der Waals surface area contributed by atoms with E-state index in [2.05, 4.69) is 28.1 Å². The molecule has 0 aromatic carbocycles. The summed E-state index contributed by atoms with van der Waals surface area (Å²) in [6, 6.07) is 0. The van der Waals surface area contributed by atoms with E-state index in [1.807, 2.05) is 0 Å². The second-order valence-corrected chi connectivity index (χ2v) is 13.2. The van der Waals surface area contributed by atoms with Gasteiger partial charge in [0.05, 0.1) is 26.1 Å². The molecular formula is C18H32N5O13P3. The Morgan fingerprint density at radius 1 is 0.949 bits per heavy atom. The molecular weight excluding hydrogens is 587 g/mol. The number of aliphatic hydroxyl groups excluding tert-OH is 2. The summed E-state index contributed by atoms with van der Waals surface area (Å²) >= 11 is 0. The van der Waals surface area contributed by atoms with Gasteiger partial charge < -0.3 is 30.5 Å². The number of hydrogen-bond acceptors (Lipinski definition) is 15. The van der Waals surface area contributed by atoms with Gasteiger partial charge in [-0.05, 0) is 12.8 Å². The van der Waals surface area contributed by atoms with Gasteiger partial charge in [0.15, 0.2) is 17.7 Å². The zero-order chi connectivity index (χ0) is 28.8. The number of hydrogen-bond donors (Lipinski definition) is 5. The number of phosphoric acid groups is 3. The fraction of sp³-hybridized carbons (Fsp3) is 0.722. The smallest absolute Gasteiger partial charge is 0.387 e. The van der Waals surface area contributed by atoms with Gasteiger partial charge in [-0.25, -0.2) is 28.6 Å². The first kappa shape index (κ1) is 32.2. The molecule has 39 heavy (non-hydrogen) atoms. The fourth-order valence-corrected chi connectivity index (χ4v) is 7.47. The van der Waals surface area contributed by atoms with Crippen LogP contribution in [0.5, 0.6) is 0 Å². The van der Waals surface area contributed by atoms with Crippen LogP contribution in [0.1, 0.15) is 45.8 Å². The number of nitrogens with two attached hydrogens (primary N) is 1. The maximum absolute atomic E-state index is 13.2. The molecule has 222 valence electrons. The van der Waals surface area contributed by atoms with E-state index in [0.717, 1.165) is 0 Å². The first-order valence-corrected chi connectivity index (χ1v) is 16.3. The summed E-state index contributed by atoms with van der Waals surface area (Å²) in [6.07, 6.45) is -1.41. The summed E-state index contributed by atoms with van der Waals surface area (Å²) < 4.78 is 68.0. The van der Waals surface area contributed by atoms with Crippen molar-refractivity contribution in [2.75, 3.05) is 25.6 Å². The van der Waals surface area contributed by atoms with Crippen LogP contribution in [0.3, 0.4) is 0 Å². The molecule has 6 N–H and O–H groups in total. The minimum atomic E-state index is -5.55. The van der Waals surface area contributed by atoms with Crippen LogP contribution >= 0.6 is 23.5 Å². The second-order valence-electron chi connectivity index (χ2n) is 8.35. The Morgan fingerprint density at radius 3 is 2.28 bits per heavy atom. The molecule has 1 saturated heterocycles. The quantitative estimate of drug-likeness (QED) is 0.133. The maximum Gasteiger partial charge on any atom is 0.490 e. The number of nitrogen functional groups attached to an aromatic ring is 1. The third kappa shape index (κ3) is 8.57. The van der Waals surface area contributed by atoms with Crippen LogP contribution in [0.2, 0.25) is 0 Å². The molecule has 0 spiro atoms. The van der Waals surface area contributed by atoms with E-state index in [1.54, 1.807) is 13.8 Å². The van der Waals surface area contributed by atoms with E-state index in [9.17, 15) is 33.7 Å². The van der Waals surface area contributed by atoms with Crippen LogP contribution < -0.4 is 5.73 Å². The molecule has 21 heteroatoms. The van der Waals surface area contributed by atoms with Crippen molar-refractivity contribution >= 4 is 40.4 Å². The van der Waals surface area contributed by atoms with Crippen molar-refractivity contribution in [3.63, 3.8) is 0 Å². The second kappa shape index (κ2) is 13.5. The summed E-state index contributed by atoms with van der Waals surface area (Å²) in [5, 5.41) is 21.1. The zero-order valence-electron chi connectivity index (χ0n) is 21.1. The Hall–Kier alpha value is -1.36. The number of ether oxygens (including phenoxy) is 1. The van der Waals surface area contributed by atoms with Gasteiger partial charge in [-0.2, -0.15) is 8.62 Å². The van der Waals surface area contributed by atoms with Crippen molar-refractivity contribution in [3.8, 4) is 0 Å². The summed E-state index contributed by atoms with van der Waals surface area (Å²) in [7, 11) is -15.6. The monoisotopic (exact) mass is 619 g/mol. The molecule has 2 aromatic rings. The number of unbranched alkanes of at least 4 members (excludes halogenated alkanes) is 2. The van der Waals surface area contributed by atoms with E-state index >= 15 is 0 Å². The Bertz CT molecular complexity index is 1250. The Labute approximate surface area is 223 Å². The molecule has 0 radical (unpaired) electrons. The third-order valence-corrected chi connectivity index (χ3v) is 10.1. The van der Waals surface area contributed by atoms with Gasteiger partial charge in [0.25, 0.3) is 0 Å². The highest BCUT2D eigenvalue weighted by Crippen LogP contribution is 2.69. The van der Waals surface area contributed by atoms with E-state index in [0.29, 0.717) is 25.7 Å². The predicted octanol–water partition coefficient (Wildman–Crippen LogP) is 2.02. The minimum absolute atomic E-state index is 0.0767. The number of fused-ring (bicyclic) bond motifs is 1. The zero-order valence-corrected chi connectivity index (χ0v) is 23.8. The molecule has 7 atom stereocenters. The van der Waals surface area contributed by atoms with Gasteiger partial charge in [-0.1, -0.05) is 26.7 Å². The molecule has 3 unspecified atom stereocenters. The van der Waals surface area contributed by atoms with Crippen molar-refractivity contribution < 1.29 is 60.6 Å². The van der Waals surface area contributed by atoms with Gasteiger partial charge in [0.2, 0.25) is 0 Å². The standard InChI is InChI=1S/C18H32N5O13P3/c1-3-5-7-31-37(26,27)35-38(28,29)36-39(30,32-8-6-4-2)33-9-12-14(24)15(25)18(34-12)23-11-22-13-16(19)20-10-21-17(13)23/h10-12,14-15,18,24-25H,3-9H2,1-2H3,(H,26,27)(H,28,29)(H2,19,20,21)/t12-,14-,15-,18-,39?/m1/s1. The van der Waals surface area contributed by atoms with Crippen LogP contribution in [-0.4, -0.2) is 77.7 Å². The number of anilines is 1. The lowest BCUT2D eigenvalue weighted by Crippen LogP contribution is -2.33. The number of imidazole rings is 1. The number of nitrogens with zero attached hydrogens (tertiary/aromatic N) is 4. The van der Waals surface area contributed by atoms with Crippen LogP contribution in [0.15, 0.2) is 12.7 Å². The van der Waals surface area contributed by atoms with Crippen molar-refractivity contribution in [1.29, 1.82) is 0 Å². The van der Waals surface area contributed by atoms with Crippen LogP contribution in [0.25, 0.3) is 11.2 Å². The summed E-state index contributed by atoms with van der Waals surface area (Å²) in [4.78, 5) is 31.6. The molecule has 0 aliphatic carbocycles. The molecule has 3 rings (SSSR count). The van der Waals surface area contributed by atoms with Crippen molar-refractivity contribution in [1.82, 2.24) is 19.5 Å². The highest BCUT2D eigenvalue weighted by atomic mass is 31.3. The molecule has 0 saturated carbocycles. The number of aromatic nitrogens is 4. The number of aliphatic hydroxyl groups is 2. The molecule has 2 aromatic heterocycles. The Morgan fingerprint density at radius 2 is 1.62 bits per heavy atom. The van der Waals surface area contributed by atoms with Crippen molar-refractivity contribution in [2.45, 2.75) is 64.1 Å². The predicted molar refractivity (Wildman–Crippen MR) is 133 cm³/mol. The molecule has 0 amide bonds. The average Bonchev–Trinajstić information content (AvgIpc) is 3.39. The number of rotatable bonds is 16. The van der Waals surface area contributed by atoms with Crippen molar-refractivity contribution in [2.24, 2.45) is 0 Å². The summed E-state index contributed by atoms with van der Waals surface area (Å²) in [5.74, 6) is 0.0767. The SMILES string of the molecule is CCCCOP(=O)(O)OP(=O)(O)OP(=O)(OCCCC)OC[C@H]1O[C@@H](n2cnc3c(N)ncnc32)[C@H](O)[C@@H]1O. The highest BCUT2D eigenvalue weighted by Gasteiger charge is 2.48. The van der Waals surface area contributed by atoms with E-state index in [1.165, 1.54) is 17.2 Å².